The molecule has 0 saturated carbocycles. The third-order valence-corrected chi connectivity index (χ3v) is 7.20. The SMILES string of the molecule is Cc1ccc(C)c2sc(N(CCN3CCOCC3)C(=O)/C=C/c3ccc4c(c3)OCO4)nc12. The molecule has 0 radical (unpaired) electrons. The number of aromatic nitrogens is 1. The number of hydrogen-bond donors (Lipinski definition) is 0. The first-order chi connectivity index (χ1) is 16.1. The van der Waals surface area contributed by atoms with Crippen molar-refractivity contribution in [3.8, 4) is 11.5 Å². The van der Waals surface area contributed by atoms with Gasteiger partial charge >= 0.3 is 0 Å². The van der Waals surface area contributed by atoms with Crippen molar-refractivity contribution >= 4 is 38.7 Å². The second-order valence-corrected chi connectivity index (χ2v) is 9.24. The number of carbonyl (C=O) groups is 1. The van der Waals surface area contributed by atoms with Crippen molar-refractivity contribution in [1.82, 2.24) is 9.88 Å². The minimum absolute atomic E-state index is 0.0877. The van der Waals surface area contributed by atoms with Crippen molar-refractivity contribution < 1.29 is 19.0 Å². The van der Waals surface area contributed by atoms with E-state index in [0.29, 0.717) is 12.3 Å². The molecule has 5 rings (SSSR count). The van der Waals surface area contributed by atoms with Gasteiger partial charge in [-0.1, -0.05) is 29.5 Å². The number of rotatable bonds is 6. The average Bonchev–Trinajstić information content (AvgIpc) is 3.49. The van der Waals surface area contributed by atoms with Crippen LogP contribution < -0.4 is 14.4 Å². The van der Waals surface area contributed by atoms with Crippen LogP contribution >= 0.6 is 11.3 Å². The highest BCUT2D eigenvalue weighted by molar-refractivity contribution is 7.22. The lowest BCUT2D eigenvalue weighted by atomic mass is 10.1. The van der Waals surface area contributed by atoms with Gasteiger partial charge in [0.1, 0.15) is 0 Å². The highest BCUT2D eigenvalue weighted by atomic mass is 32.1. The molecule has 7 nitrogen and oxygen atoms in total. The molecule has 0 N–H and O–H groups in total. The molecular formula is C25H27N3O4S. The highest BCUT2D eigenvalue weighted by Crippen LogP contribution is 2.34. The first-order valence-electron chi connectivity index (χ1n) is 11.1. The zero-order valence-electron chi connectivity index (χ0n) is 18.9. The Balaban J connectivity index is 1.41. The zero-order valence-corrected chi connectivity index (χ0v) is 19.7. The number of thiazole rings is 1. The minimum Gasteiger partial charge on any atom is -0.454 e. The van der Waals surface area contributed by atoms with Gasteiger partial charge in [0.15, 0.2) is 16.6 Å². The molecule has 8 heteroatoms. The standard InChI is InChI=1S/C25H27N3O4S/c1-17-3-4-18(2)24-23(17)26-25(33-24)28(10-9-27-11-13-30-14-12-27)22(29)8-6-19-5-7-20-21(15-19)32-16-31-20/h3-8,15H,9-14,16H2,1-2H3/b8-6+. The van der Waals surface area contributed by atoms with Crippen LogP contribution in [0.3, 0.4) is 0 Å². The van der Waals surface area contributed by atoms with Gasteiger partial charge in [-0.3, -0.25) is 14.6 Å². The van der Waals surface area contributed by atoms with Crippen LogP contribution in [0.15, 0.2) is 36.4 Å². The van der Waals surface area contributed by atoms with Gasteiger partial charge in [0.2, 0.25) is 6.79 Å². The second kappa shape index (κ2) is 9.51. The number of anilines is 1. The van der Waals surface area contributed by atoms with E-state index in [1.807, 2.05) is 24.3 Å². The number of morpholine rings is 1. The summed E-state index contributed by atoms with van der Waals surface area (Å²) in [6.45, 7) is 8.96. The maximum absolute atomic E-state index is 13.4. The molecular weight excluding hydrogens is 438 g/mol. The van der Waals surface area contributed by atoms with Crippen molar-refractivity contribution in [2.75, 3.05) is 51.1 Å². The largest absolute Gasteiger partial charge is 0.454 e. The minimum atomic E-state index is -0.0877. The van der Waals surface area contributed by atoms with Gasteiger partial charge in [-0.2, -0.15) is 0 Å². The van der Waals surface area contributed by atoms with E-state index in [1.54, 1.807) is 22.3 Å². The summed E-state index contributed by atoms with van der Waals surface area (Å²) in [4.78, 5) is 22.4. The Morgan fingerprint density at radius 1 is 1.12 bits per heavy atom. The van der Waals surface area contributed by atoms with Crippen LogP contribution in [0, 0.1) is 13.8 Å². The lowest BCUT2D eigenvalue weighted by Crippen LogP contribution is -2.42. The third-order valence-electron chi connectivity index (χ3n) is 5.99. The number of benzene rings is 2. The van der Waals surface area contributed by atoms with Gasteiger partial charge in [0, 0.05) is 32.3 Å². The molecule has 2 aromatic carbocycles. The second-order valence-electron chi connectivity index (χ2n) is 8.26. The molecule has 1 aromatic heterocycles. The molecule has 0 bridgehead atoms. The summed E-state index contributed by atoms with van der Waals surface area (Å²) in [5.41, 5.74) is 4.15. The maximum Gasteiger partial charge on any atom is 0.252 e. The Morgan fingerprint density at radius 2 is 1.91 bits per heavy atom. The van der Waals surface area contributed by atoms with Gasteiger partial charge in [-0.15, -0.1) is 0 Å². The van der Waals surface area contributed by atoms with Crippen LogP contribution in [0.2, 0.25) is 0 Å². The first kappa shape index (κ1) is 21.9. The van der Waals surface area contributed by atoms with Crippen molar-refractivity contribution in [3.05, 3.63) is 53.1 Å². The van der Waals surface area contributed by atoms with E-state index in [1.165, 1.54) is 5.56 Å². The summed E-state index contributed by atoms with van der Waals surface area (Å²) >= 11 is 1.58. The highest BCUT2D eigenvalue weighted by Gasteiger charge is 2.21. The molecule has 0 atom stereocenters. The van der Waals surface area contributed by atoms with Crippen molar-refractivity contribution in [1.29, 1.82) is 0 Å². The number of carbonyl (C=O) groups excluding carboxylic acids is 1. The molecule has 3 aromatic rings. The topological polar surface area (TPSA) is 64.1 Å². The molecule has 33 heavy (non-hydrogen) atoms. The van der Waals surface area contributed by atoms with Gasteiger partial charge in [-0.05, 0) is 48.7 Å². The normalized spacial score (nSPS) is 16.1. The monoisotopic (exact) mass is 465 g/mol. The molecule has 172 valence electrons. The Hall–Kier alpha value is -2.94. The summed E-state index contributed by atoms with van der Waals surface area (Å²) in [7, 11) is 0. The van der Waals surface area contributed by atoms with Crippen LogP contribution in [0.1, 0.15) is 16.7 Å². The number of nitrogens with zero attached hydrogens (tertiary/aromatic N) is 3. The number of amides is 1. The van der Waals surface area contributed by atoms with Crippen molar-refractivity contribution in [2.24, 2.45) is 0 Å². The Bertz CT molecular complexity index is 1160. The number of aryl methyl sites for hydroxylation is 2. The Kier molecular flexibility index (Phi) is 6.30. The predicted octanol–water partition coefficient (Wildman–Crippen LogP) is 4.02. The quantitative estimate of drug-likeness (QED) is 0.513. The summed E-state index contributed by atoms with van der Waals surface area (Å²) in [6.07, 6.45) is 3.43. The van der Waals surface area contributed by atoms with Crippen LogP contribution in [0.4, 0.5) is 5.13 Å². The molecule has 2 aliphatic heterocycles. The molecule has 2 aliphatic rings. The van der Waals surface area contributed by atoms with Gasteiger partial charge < -0.3 is 14.2 Å². The lowest BCUT2D eigenvalue weighted by molar-refractivity contribution is -0.114. The zero-order chi connectivity index (χ0) is 22.8. The first-order valence-corrected chi connectivity index (χ1v) is 12.0. The van der Waals surface area contributed by atoms with E-state index in [0.717, 1.165) is 65.1 Å². The Labute approximate surface area is 197 Å². The van der Waals surface area contributed by atoms with E-state index >= 15 is 0 Å². The van der Waals surface area contributed by atoms with E-state index in [9.17, 15) is 4.79 Å². The van der Waals surface area contributed by atoms with Gasteiger partial charge in [-0.25, -0.2) is 4.98 Å². The number of fused-ring (bicyclic) bond motifs is 2. The molecule has 1 saturated heterocycles. The molecule has 3 heterocycles. The smallest absolute Gasteiger partial charge is 0.252 e. The van der Waals surface area contributed by atoms with Crippen LogP contribution in [0.5, 0.6) is 11.5 Å². The maximum atomic E-state index is 13.4. The molecule has 1 fully saturated rings. The molecule has 0 unspecified atom stereocenters. The van der Waals surface area contributed by atoms with E-state index in [4.69, 9.17) is 19.2 Å². The average molecular weight is 466 g/mol. The van der Waals surface area contributed by atoms with Crippen molar-refractivity contribution in [2.45, 2.75) is 13.8 Å². The number of ether oxygens (including phenoxy) is 3. The van der Waals surface area contributed by atoms with Crippen molar-refractivity contribution in [3.63, 3.8) is 0 Å². The fourth-order valence-electron chi connectivity index (χ4n) is 4.00. The Morgan fingerprint density at radius 3 is 2.73 bits per heavy atom. The summed E-state index contributed by atoms with van der Waals surface area (Å²) in [5.74, 6) is 1.34. The van der Waals surface area contributed by atoms with E-state index in [-0.39, 0.29) is 12.7 Å². The van der Waals surface area contributed by atoms with E-state index < -0.39 is 0 Å². The molecule has 1 amide bonds. The molecule has 0 spiro atoms. The fraction of sp³-hybridized carbons (Fsp3) is 0.360. The molecule has 0 aliphatic carbocycles. The summed E-state index contributed by atoms with van der Waals surface area (Å²) < 4.78 is 17.4. The number of hydrogen-bond acceptors (Lipinski definition) is 7. The fourth-order valence-corrected chi connectivity index (χ4v) is 5.15. The van der Waals surface area contributed by atoms with Crippen LogP contribution in [-0.2, 0) is 9.53 Å². The van der Waals surface area contributed by atoms with Gasteiger partial charge in [0.05, 0.1) is 23.4 Å². The summed E-state index contributed by atoms with van der Waals surface area (Å²) in [6, 6.07) is 9.86. The predicted molar refractivity (Wildman–Crippen MR) is 130 cm³/mol. The lowest BCUT2D eigenvalue weighted by Gasteiger charge is -2.28. The third kappa shape index (κ3) is 4.73. The van der Waals surface area contributed by atoms with Crippen LogP contribution in [0.25, 0.3) is 16.3 Å². The van der Waals surface area contributed by atoms with Gasteiger partial charge in [0.25, 0.3) is 5.91 Å². The van der Waals surface area contributed by atoms with Crippen LogP contribution in [-0.4, -0.2) is 62.0 Å². The summed E-state index contributed by atoms with van der Waals surface area (Å²) in [5, 5.41) is 0.732. The van der Waals surface area contributed by atoms with E-state index in [2.05, 4.69) is 30.9 Å².